The van der Waals surface area contributed by atoms with Crippen molar-refractivity contribution in [2.45, 2.75) is 43.9 Å². The summed E-state index contributed by atoms with van der Waals surface area (Å²) < 4.78 is 35.6. The van der Waals surface area contributed by atoms with Crippen LogP contribution in [-0.4, -0.2) is 30.8 Å². The van der Waals surface area contributed by atoms with Gasteiger partial charge in [0, 0.05) is 11.5 Å². The smallest absolute Gasteiger partial charge is 0.395 e. The molecule has 0 N–H and O–H groups in total. The number of halogens is 2. The third-order valence-electron chi connectivity index (χ3n) is 5.39. The van der Waals surface area contributed by atoms with Crippen molar-refractivity contribution in [2.24, 2.45) is 0 Å². The molecule has 1 aromatic rings. The highest BCUT2D eigenvalue weighted by molar-refractivity contribution is 5.49. The molecule has 5 heteroatoms. The molecule has 0 aromatic heterocycles. The molecule has 0 saturated carbocycles. The maximum atomic E-state index is 13.2. The monoisotopic (exact) mass is 307 g/mol. The van der Waals surface area contributed by atoms with E-state index in [0.29, 0.717) is 6.04 Å². The predicted octanol–water partition coefficient (Wildman–Crippen LogP) is 3.69. The molecule has 2 atom stereocenters. The molecule has 1 saturated heterocycles. The van der Waals surface area contributed by atoms with Crippen LogP contribution >= 0.6 is 0 Å². The van der Waals surface area contributed by atoms with E-state index in [0.717, 1.165) is 31.4 Å². The Hall–Kier alpha value is -1.62. The topological polar surface area (TPSA) is 21.7 Å². The van der Waals surface area contributed by atoms with E-state index >= 15 is 0 Å². The van der Waals surface area contributed by atoms with Crippen LogP contribution in [0, 0.1) is 0 Å². The first-order valence-electron chi connectivity index (χ1n) is 7.66. The molecule has 2 heterocycles. The van der Waals surface area contributed by atoms with Gasteiger partial charge in [0.25, 0.3) is 0 Å². The van der Waals surface area contributed by atoms with Gasteiger partial charge in [-0.25, -0.2) is 0 Å². The second kappa shape index (κ2) is 4.44. The highest BCUT2D eigenvalue weighted by Crippen LogP contribution is 2.50. The van der Waals surface area contributed by atoms with Gasteiger partial charge in [-0.15, -0.1) is 8.78 Å². The Bertz CT molecular complexity index is 658. The molecule has 0 unspecified atom stereocenters. The Morgan fingerprint density at radius 1 is 1.23 bits per heavy atom. The first-order chi connectivity index (χ1) is 10.4. The molecular formula is C17H19F2NO2. The van der Waals surface area contributed by atoms with Crippen LogP contribution < -0.4 is 9.47 Å². The Kier molecular flexibility index (Phi) is 2.83. The fourth-order valence-corrected chi connectivity index (χ4v) is 4.17. The molecule has 0 bridgehead atoms. The molecule has 22 heavy (non-hydrogen) atoms. The Labute approximate surface area is 128 Å². The fourth-order valence-electron chi connectivity index (χ4n) is 4.17. The number of alkyl halides is 2. The largest absolute Gasteiger partial charge is 0.586 e. The van der Waals surface area contributed by atoms with Crippen LogP contribution in [-0.2, 0) is 5.41 Å². The maximum absolute atomic E-state index is 13.2. The summed E-state index contributed by atoms with van der Waals surface area (Å²) in [5.41, 5.74) is 2.47. The highest BCUT2D eigenvalue weighted by atomic mass is 19.3. The number of allylic oxidation sites excluding steroid dienone is 1. The third kappa shape index (κ3) is 1.95. The number of hydrogen-bond acceptors (Lipinski definition) is 3. The van der Waals surface area contributed by atoms with Crippen molar-refractivity contribution < 1.29 is 18.3 Å². The van der Waals surface area contributed by atoms with Gasteiger partial charge in [-0.2, -0.15) is 0 Å². The zero-order valence-electron chi connectivity index (χ0n) is 12.7. The number of likely N-dealkylation sites (tertiary alicyclic amines) is 1. The third-order valence-corrected chi connectivity index (χ3v) is 5.39. The number of hydrogen-bond donors (Lipinski definition) is 0. The van der Waals surface area contributed by atoms with E-state index in [1.54, 1.807) is 12.1 Å². The van der Waals surface area contributed by atoms with Gasteiger partial charge in [-0.3, -0.25) is 0 Å². The van der Waals surface area contributed by atoms with E-state index in [2.05, 4.69) is 34.4 Å². The Morgan fingerprint density at radius 3 is 2.82 bits per heavy atom. The number of ether oxygens (including phenoxy) is 2. The molecule has 4 rings (SSSR count). The van der Waals surface area contributed by atoms with Crippen molar-refractivity contribution in [2.75, 3.05) is 13.6 Å². The van der Waals surface area contributed by atoms with Crippen LogP contribution in [0.3, 0.4) is 0 Å². The molecule has 0 radical (unpaired) electrons. The summed E-state index contributed by atoms with van der Waals surface area (Å²) in [6.45, 7) is 3.19. The summed E-state index contributed by atoms with van der Waals surface area (Å²) in [7, 11) is 2.14. The average Bonchev–Trinajstić information content (AvgIpc) is 2.95. The molecule has 1 aliphatic carbocycles. The minimum Gasteiger partial charge on any atom is -0.395 e. The molecule has 3 nitrogen and oxygen atoms in total. The zero-order valence-corrected chi connectivity index (χ0v) is 12.7. The lowest BCUT2D eigenvalue weighted by Gasteiger charge is -2.40. The minimum absolute atomic E-state index is 0.00940. The summed E-state index contributed by atoms with van der Waals surface area (Å²) in [6.07, 6.45) is 1.75. The number of likely N-dealkylation sites (N-methyl/N-ethyl adjacent to an activating group) is 1. The van der Waals surface area contributed by atoms with Gasteiger partial charge in [-0.1, -0.05) is 17.7 Å². The zero-order chi connectivity index (χ0) is 15.5. The van der Waals surface area contributed by atoms with Crippen molar-refractivity contribution in [1.29, 1.82) is 0 Å². The first kappa shape index (κ1) is 14.0. The van der Waals surface area contributed by atoms with Gasteiger partial charge in [0.15, 0.2) is 11.5 Å². The number of benzene rings is 1. The molecular weight excluding hydrogens is 288 g/mol. The van der Waals surface area contributed by atoms with E-state index in [-0.39, 0.29) is 16.9 Å². The SMILES string of the molecule is CC1=CC[C@@]2(c3ccc4c(c3)OC(F)(F)O4)CCN(C)[C@H]2C1. The predicted molar refractivity (Wildman–Crippen MR) is 78.3 cm³/mol. The highest BCUT2D eigenvalue weighted by Gasteiger charge is 2.49. The van der Waals surface area contributed by atoms with Crippen LogP contribution in [0.2, 0.25) is 0 Å². The molecule has 2 aliphatic heterocycles. The van der Waals surface area contributed by atoms with Crippen molar-refractivity contribution >= 4 is 0 Å². The van der Waals surface area contributed by atoms with Gasteiger partial charge in [-0.05, 0) is 57.5 Å². The summed E-state index contributed by atoms with van der Waals surface area (Å²) in [5, 5.41) is 0. The van der Waals surface area contributed by atoms with E-state index in [1.165, 1.54) is 5.57 Å². The second-order valence-corrected chi connectivity index (χ2v) is 6.69. The van der Waals surface area contributed by atoms with Crippen molar-refractivity contribution in [3.63, 3.8) is 0 Å². The minimum atomic E-state index is -3.55. The van der Waals surface area contributed by atoms with Crippen LogP contribution in [0.5, 0.6) is 11.5 Å². The summed E-state index contributed by atoms with van der Waals surface area (Å²) in [6, 6.07) is 5.69. The normalized spacial score (nSPS) is 32.7. The van der Waals surface area contributed by atoms with Gasteiger partial charge in [0.05, 0.1) is 0 Å². The maximum Gasteiger partial charge on any atom is 0.586 e. The fraction of sp³-hybridized carbons (Fsp3) is 0.529. The van der Waals surface area contributed by atoms with E-state index in [1.807, 2.05) is 6.07 Å². The second-order valence-electron chi connectivity index (χ2n) is 6.69. The van der Waals surface area contributed by atoms with Crippen LogP contribution in [0.25, 0.3) is 0 Å². The summed E-state index contributed by atoms with van der Waals surface area (Å²) in [5.74, 6) is 0.270. The Balaban J connectivity index is 1.76. The number of nitrogens with zero attached hydrogens (tertiary/aromatic N) is 1. The standard InChI is InChI=1S/C17H19F2NO2/c1-11-5-6-16(7-8-20(2)15(16)9-11)12-3-4-13-14(10-12)22-17(18,19)21-13/h3-5,10,15H,6-9H2,1-2H3/t15-,16-/m0/s1. The van der Waals surface area contributed by atoms with Gasteiger partial charge in [0.2, 0.25) is 0 Å². The number of rotatable bonds is 1. The lowest BCUT2D eigenvalue weighted by atomic mass is 9.67. The quantitative estimate of drug-likeness (QED) is 0.739. The first-order valence-corrected chi connectivity index (χ1v) is 7.66. The van der Waals surface area contributed by atoms with Crippen LogP contribution in [0.1, 0.15) is 31.7 Å². The molecule has 0 amide bonds. The molecule has 1 fully saturated rings. The van der Waals surface area contributed by atoms with Gasteiger partial charge >= 0.3 is 6.29 Å². The van der Waals surface area contributed by atoms with E-state index in [4.69, 9.17) is 0 Å². The van der Waals surface area contributed by atoms with Crippen LogP contribution in [0.4, 0.5) is 8.78 Å². The average molecular weight is 307 g/mol. The molecule has 1 aromatic carbocycles. The lowest BCUT2D eigenvalue weighted by Crippen LogP contribution is -2.43. The molecule has 3 aliphatic rings. The van der Waals surface area contributed by atoms with Gasteiger partial charge in [0.1, 0.15) is 0 Å². The van der Waals surface area contributed by atoms with Crippen LogP contribution in [0.15, 0.2) is 29.8 Å². The lowest BCUT2D eigenvalue weighted by molar-refractivity contribution is -0.286. The van der Waals surface area contributed by atoms with E-state index in [9.17, 15) is 8.78 Å². The van der Waals surface area contributed by atoms with E-state index < -0.39 is 6.29 Å². The summed E-state index contributed by atoms with van der Waals surface area (Å²) in [4.78, 5) is 2.38. The summed E-state index contributed by atoms with van der Waals surface area (Å²) >= 11 is 0. The number of fused-ring (bicyclic) bond motifs is 2. The van der Waals surface area contributed by atoms with Crippen molar-refractivity contribution in [3.05, 3.63) is 35.4 Å². The van der Waals surface area contributed by atoms with Crippen molar-refractivity contribution in [3.8, 4) is 11.5 Å². The molecule has 0 spiro atoms. The molecule has 118 valence electrons. The van der Waals surface area contributed by atoms with Gasteiger partial charge < -0.3 is 14.4 Å². The van der Waals surface area contributed by atoms with Crippen molar-refractivity contribution in [1.82, 2.24) is 4.90 Å². The Morgan fingerprint density at radius 2 is 2.00 bits per heavy atom.